The van der Waals surface area contributed by atoms with Crippen LogP contribution in [0.25, 0.3) is 0 Å². The van der Waals surface area contributed by atoms with Gasteiger partial charge in [-0.05, 0) is 76.4 Å². The summed E-state index contributed by atoms with van der Waals surface area (Å²) in [6, 6.07) is 18.2. The zero-order valence-electron chi connectivity index (χ0n) is 23.9. The SMILES string of the molecule is CCC(C)NC(=O)C(C)N(Cc1cccc(C)c1)C(=O)CN(c1cccc(Cl)c1C)S(=O)(=O)c1ccc(C)cc1. The zero-order chi connectivity index (χ0) is 29.6. The van der Waals surface area contributed by atoms with E-state index < -0.39 is 28.5 Å². The van der Waals surface area contributed by atoms with E-state index in [1.165, 1.54) is 17.0 Å². The number of aryl methyl sites for hydroxylation is 2. The predicted molar refractivity (Wildman–Crippen MR) is 161 cm³/mol. The van der Waals surface area contributed by atoms with Crippen LogP contribution in [0.5, 0.6) is 0 Å². The third-order valence-corrected chi connectivity index (χ3v) is 9.18. The van der Waals surface area contributed by atoms with Crippen molar-refractivity contribution in [2.75, 3.05) is 10.8 Å². The predicted octanol–water partition coefficient (Wildman–Crippen LogP) is 5.79. The molecule has 40 heavy (non-hydrogen) atoms. The standard InChI is InChI=1S/C31H38ClN3O4S/c1-7-23(4)33-31(37)25(6)34(19-26-11-8-10-22(3)18-26)30(36)20-35(29-13-9-12-28(32)24(29)5)40(38,39)27-16-14-21(2)15-17-27/h8-18,23,25H,7,19-20H2,1-6H3,(H,33,37). The molecule has 0 radical (unpaired) electrons. The van der Waals surface area contributed by atoms with Crippen LogP contribution in [0, 0.1) is 20.8 Å². The van der Waals surface area contributed by atoms with Crippen molar-refractivity contribution in [2.24, 2.45) is 0 Å². The highest BCUT2D eigenvalue weighted by Gasteiger charge is 2.33. The molecule has 0 aliphatic heterocycles. The van der Waals surface area contributed by atoms with Crippen LogP contribution in [0.4, 0.5) is 5.69 Å². The van der Waals surface area contributed by atoms with Crippen molar-refractivity contribution in [3.8, 4) is 0 Å². The van der Waals surface area contributed by atoms with Crippen molar-refractivity contribution in [3.05, 3.63) is 94.0 Å². The summed E-state index contributed by atoms with van der Waals surface area (Å²) >= 11 is 6.38. The molecule has 0 heterocycles. The number of hydrogen-bond acceptors (Lipinski definition) is 4. The highest BCUT2D eigenvalue weighted by atomic mass is 35.5. The number of anilines is 1. The van der Waals surface area contributed by atoms with Crippen LogP contribution in [-0.4, -0.2) is 43.8 Å². The van der Waals surface area contributed by atoms with Gasteiger partial charge in [0.25, 0.3) is 10.0 Å². The summed E-state index contributed by atoms with van der Waals surface area (Å²) in [5, 5.41) is 3.32. The number of carbonyl (C=O) groups is 2. The third kappa shape index (κ3) is 7.43. The molecule has 0 bridgehead atoms. The van der Waals surface area contributed by atoms with E-state index >= 15 is 0 Å². The van der Waals surface area contributed by atoms with Crippen LogP contribution < -0.4 is 9.62 Å². The molecule has 3 aromatic carbocycles. The average molecular weight is 584 g/mol. The molecule has 2 amide bonds. The fraction of sp³-hybridized carbons (Fsp3) is 0.355. The molecule has 1 N–H and O–H groups in total. The molecule has 0 saturated carbocycles. The van der Waals surface area contributed by atoms with E-state index in [-0.39, 0.29) is 23.4 Å². The minimum absolute atomic E-state index is 0.0538. The fourth-order valence-electron chi connectivity index (χ4n) is 4.27. The Bertz CT molecular complexity index is 1460. The number of benzene rings is 3. The van der Waals surface area contributed by atoms with Crippen LogP contribution >= 0.6 is 11.6 Å². The van der Waals surface area contributed by atoms with Gasteiger partial charge in [0.15, 0.2) is 0 Å². The molecule has 3 rings (SSSR count). The maximum Gasteiger partial charge on any atom is 0.264 e. The molecule has 214 valence electrons. The maximum absolute atomic E-state index is 14.1. The summed E-state index contributed by atoms with van der Waals surface area (Å²) in [4.78, 5) is 28.7. The van der Waals surface area contributed by atoms with E-state index in [9.17, 15) is 18.0 Å². The lowest BCUT2D eigenvalue weighted by molar-refractivity contribution is -0.139. The number of carbonyl (C=O) groups excluding carboxylic acids is 2. The second kappa shape index (κ2) is 13.3. The normalized spacial score (nSPS) is 12.9. The van der Waals surface area contributed by atoms with Gasteiger partial charge in [-0.2, -0.15) is 0 Å². The van der Waals surface area contributed by atoms with Crippen molar-refractivity contribution >= 4 is 39.1 Å². The molecule has 2 atom stereocenters. The lowest BCUT2D eigenvalue weighted by Gasteiger charge is -2.33. The largest absolute Gasteiger partial charge is 0.352 e. The Labute approximate surface area is 243 Å². The van der Waals surface area contributed by atoms with Gasteiger partial charge in [0.1, 0.15) is 12.6 Å². The molecule has 0 saturated heterocycles. The van der Waals surface area contributed by atoms with Gasteiger partial charge in [-0.15, -0.1) is 0 Å². The van der Waals surface area contributed by atoms with Crippen molar-refractivity contribution in [3.63, 3.8) is 0 Å². The summed E-state index contributed by atoms with van der Waals surface area (Å²) < 4.78 is 29.1. The maximum atomic E-state index is 14.1. The topological polar surface area (TPSA) is 86.8 Å². The first kappa shape index (κ1) is 31.2. The van der Waals surface area contributed by atoms with E-state index in [2.05, 4.69) is 5.32 Å². The van der Waals surface area contributed by atoms with Crippen LogP contribution in [0.2, 0.25) is 5.02 Å². The van der Waals surface area contributed by atoms with Crippen molar-refractivity contribution in [1.29, 1.82) is 0 Å². The van der Waals surface area contributed by atoms with Crippen LogP contribution in [0.3, 0.4) is 0 Å². The molecule has 2 unspecified atom stereocenters. The molecule has 3 aromatic rings. The molecule has 9 heteroatoms. The smallest absolute Gasteiger partial charge is 0.264 e. The van der Waals surface area contributed by atoms with Gasteiger partial charge in [-0.1, -0.05) is 72.1 Å². The summed E-state index contributed by atoms with van der Waals surface area (Å²) in [7, 11) is -4.16. The number of rotatable bonds is 11. The Hall–Kier alpha value is -3.36. The van der Waals surface area contributed by atoms with Crippen molar-refractivity contribution < 1.29 is 18.0 Å². The van der Waals surface area contributed by atoms with E-state index in [1.807, 2.05) is 52.0 Å². The van der Waals surface area contributed by atoms with Crippen LogP contribution in [-0.2, 0) is 26.2 Å². The highest BCUT2D eigenvalue weighted by molar-refractivity contribution is 7.92. The molecule has 0 fully saturated rings. The Kier molecular flexibility index (Phi) is 10.4. The van der Waals surface area contributed by atoms with E-state index in [0.717, 1.165) is 27.4 Å². The number of nitrogens with zero attached hydrogens (tertiary/aromatic N) is 2. The molecule has 7 nitrogen and oxygen atoms in total. The van der Waals surface area contributed by atoms with Crippen LogP contribution in [0.1, 0.15) is 49.4 Å². The lowest BCUT2D eigenvalue weighted by Crippen LogP contribution is -2.52. The lowest BCUT2D eigenvalue weighted by atomic mass is 10.1. The number of sulfonamides is 1. The van der Waals surface area contributed by atoms with Gasteiger partial charge in [0.05, 0.1) is 10.6 Å². The Balaban J connectivity index is 2.07. The third-order valence-electron chi connectivity index (χ3n) is 7.00. The number of nitrogens with one attached hydrogen (secondary N) is 1. The average Bonchev–Trinajstić information content (AvgIpc) is 2.91. The fourth-order valence-corrected chi connectivity index (χ4v) is 5.91. The minimum Gasteiger partial charge on any atom is -0.352 e. The Morgan fingerprint density at radius 2 is 1.57 bits per heavy atom. The first-order valence-corrected chi connectivity index (χ1v) is 15.2. The monoisotopic (exact) mass is 583 g/mol. The van der Waals surface area contributed by atoms with Gasteiger partial charge < -0.3 is 10.2 Å². The first-order chi connectivity index (χ1) is 18.8. The summed E-state index contributed by atoms with van der Waals surface area (Å²) in [5.74, 6) is -0.814. The molecular weight excluding hydrogens is 546 g/mol. The van der Waals surface area contributed by atoms with Crippen molar-refractivity contribution in [2.45, 2.75) is 71.5 Å². The van der Waals surface area contributed by atoms with Gasteiger partial charge in [-0.25, -0.2) is 8.42 Å². The zero-order valence-corrected chi connectivity index (χ0v) is 25.5. The van der Waals surface area contributed by atoms with Crippen molar-refractivity contribution in [1.82, 2.24) is 10.2 Å². The number of hydrogen-bond donors (Lipinski definition) is 1. The van der Waals surface area contributed by atoms with E-state index in [0.29, 0.717) is 16.3 Å². The Morgan fingerprint density at radius 3 is 2.20 bits per heavy atom. The summed E-state index contributed by atoms with van der Waals surface area (Å²) in [6.45, 7) is 10.7. The van der Waals surface area contributed by atoms with Gasteiger partial charge in [0, 0.05) is 17.6 Å². The second-order valence-corrected chi connectivity index (χ2v) is 12.5. The second-order valence-electron chi connectivity index (χ2n) is 10.2. The van der Waals surface area contributed by atoms with Gasteiger partial charge in [-0.3, -0.25) is 13.9 Å². The molecule has 0 aliphatic rings. The quantitative estimate of drug-likeness (QED) is 0.309. The summed E-state index contributed by atoms with van der Waals surface area (Å²) in [5.41, 5.74) is 3.59. The number of halogens is 1. The molecule has 0 aromatic heterocycles. The minimum atomic E-state index is -4.16. The first-order valence-electron chi connectivity index (χ1n) is 13.3. The Morgan fingerprint density at radius 1 is 0.925 bits per heavy atom. The summed E-state index contributed by atoms with van der Waals surface area (Å²) in [6.07, 6.45) is 0.737. The van der Waals surface area contributed by atoms with Gasteiger partial charge >= 0.3 is 0 Å². The van der Waals surface area contributed by atoms with E-state index in [1.54, 1.807) is 44.2 Å². The highest BCUT2D eigenvalue weighted by Crippen LogP contribution is 2.31. The van der Waals surface area contributed by atoms with Crippen LogP contribution in [0.15, 0.2) is 71.6 Å². The molecular formula is C31H38ClN3O4S. The number of amides is 2. The molecule has 0 spiro atoms. The van der Waals surface area contributed by atoms with E-state index in [4.69, 9.17) is 11.6 Å². The van der Waals surface area contributed by atoms with Gasteiger partial charge in [0.2, 0.25) is 11.8 Å². The molecule has 0 aliphatic carbocycles.